The highest BCUT2D eigenvalue weighted by Gasteiger charge is 2.13. The molecule has 0 saturated heterocycles. The molecule has 7 nitrogen and oxygen atoms in total. The summed E-state index contributed by atoms with van der Waals surface area (Å²) < 4.78 is 2.69. The van der Waals surface area contributed by atoms with Crippen LogP contribution in [-0.2, 0) is 0 Å². The molecule has 0 saturated carbocycles. The molecule has 0 amide bonds. The van der Waals surface area contributed by atoms with Crippen LogP contribution < -0.4 is 16.3 Å². The Morgan fingerprint density at radius 1 is 1.07 bits per heavy atom. The standard InChI is InChI=1S/C21H14ClN5O2/c1-12-17(21(29)26(25-12)15-6-4-5-14(22)10-15)9-13-11-23-27-19(13)24-18-8-3-2-7-16(18)20(27)28/h2-11,25H,1H3/b13-9+. The van der Waals surface area contributed by atoms with Gasteiger partial charge in [-0.1, -0.05) is 29.8 Å². The molecule has 29 heavy (non-hydrogen) atoms. The maximum absolute atomic E-state index is 13.0. The Labute approximate surface area is 168 Å². The zero-order valence-corrected chi connectivity index (χ0v) is 16.0. The van der Waals surface area contributed by atoms with Gasteiger partial charge in [0.25, 0.3) is 11.1 Å². The third kappa shape index (κ3) is 2.75. The lowest BCUT2D eigenvalue weighted by atomic mass is 10.2. The predicted octanol–water partition coefficient (Wildman–Crippen LogP) is 2.23. The summed E-state index contributed by atoms with van der Waals surface area (Å²) in [6, 6.07) is 14.1. The lowest BCUT2D eigenvalue weighted by Crippen LogP contribution is -2.18. The van der Waals surface area contributed by atoms with Crippen molar-refractivity contribution in [2.24, 2.45) is 0 Å². The highest BCUT2D eigenvalue weighted by Crippen LogP contribution is 2.14. The summed E-state index contributed by atoms with van der Waals surface area (Å²) in [5.74, 6) is 0. The quantitative estimate of drug-likeness (QED) is 0.490. The Balaban J connectivity index is 1.75. The van der Waals surface area contributed by atoms with Crippen LogP contribution in [0.5, 0.6) is 0 Å². The van der Waals surface area contributed by atoms with Gasteiger partial charge < -0.3 is 0 Å². The summed E-state index contributed by atoms with van der Waals surface area (Å²) >= 11 is 6.05. The summed E-state index contributed by atoms with van der Waals surface area (Å²) in [5, 5.41) is 8.86. The first-order valence-corrected chi connectivity index (χ1v) is 9.26. The van der Waals surface area contributed by atoms with Gasteiger partial charge in [0.15, 0.2) is 5.65 Å². The zero-order chi connectivity index (χ0) is 20.1. The first-order chi connectivity index (χ1) is 14.0. The Bertz CT molecular complexity index is 1580. The van der Waals surface area contributed by atoms with E-state index in [1.165, 1.54) is 15.4 Å². The lowest BCUT2D eigenvalue weighted by molar-refractivity contribution is 0.835. The Hall–Kier alpha value is -3.71. The van der Waals surface area contributed by atoms with Crippen LogP contribution in [0.4, 0.5) is 0 Å². The van der Waals surface area contributed by atoms with Crippen LogP contribution in [0.25, 0.3) is 28.3 Å². The number of hydrogen-bond acceptors (Lipinski definition) is 4. The molecule has 0 aliphatic rings. The van der Waals surface area contributed by atoms with E-state index in [0.29, 0.717) is 43.7 Å². The zero-order valence-electron chi connectivity index (χ0n) is 15.3. The van der Waals surface area contributed by atoms with Crippen LogP contribution in [0.3, 0.4) is 0 Å². The molecule has 5 rings (SSSR count). The average Bonchev–Trinajstić information content (AvgIpc) is 3.24. The van der Waals surface area contributed by atoms with E-state index in [9.17, 15) is 9.59 Å². The molecule has 0 bridgehead atoms. The van der Waals surface area contributed by atoms with Gasteiger partial charge in [-0.25, -0.2) is 9.67 Å². The molecule has 0 fully saturated rings. The molecular weight excluding hydrogens is 390 g/mol. The van der Waals surface area contributed by atoms with Gasteiger partial charge >= 0.3 is 0 Å². The fourth-order valence-corrected chi connectivity index (χ4v) is 3.56. The van der Waals surface area contributed by atoms with Crippen LogP contribution in [0.1, 0.15) is 11.3 Å². The summed E-state index contributed by atoms with van der Waals surface area (Å²) in [6.45, 7) is 1.81. The minimum atomic E-state index is -0.243. The molecule has 0 radical (unpaired) electrons. The van der Waals surface area contributed by atoms with E-state index in [-0.39, 0.29) is 11.1 Å². The van der Waals surface area contributed by atoms with Crippen molar-refractivity contribution in [3.63, 3.8) is 0 Å². The fourth-order valence-electron chi connectivity index (χ4n) is 3.38. The average molecular weight is 404 g/mol. The minimum Gasteiger partial charge on any atom is -0.295 e. The third-order valence-corrected chi connectivity index (χ3v) is 5.04. The second-order valence-electron chi connectivity index (χ2n) is 6.68. The number of aromatic nitrogens is 5. The van der Waals surface area contributed by atoms with E-state index >= 15 is 0 Å². The number of hydrogen-bond donors (Lipinski definition) is 1. The molecule has 3 heterocycles. The highest BCUT2D eigenvalue weighted by molar-refractivity contribution is 6.30. The summed E-state index contributed by atoms with van der Waals surface area (Å²) in [7, 11) is 0. The lowest BCUT2D eigenvalue weighted by Gasteiger charge is -2.01. The number of halogens is 1. The molecule has 1 N–H and O–H groups in total. The highest BCUT2D eigenvalue weighted by atomic mass is 35.5. The van der Waals surface area contributed by atoms with Crippen molar-refractivity contribution in [1.82, 2.24) is 24.4 Å². The maximum Gasteiger partial charge on any atom is 0.282 e. The van der Waals surface area contributed by atoms with Gasteiger partial charge in [-0.3, -0.25) is 14.7 Å². The van der Waals surface area contributed by atoms with Crippen LogP contribution in [0.15, 0.2) is 64.3 Å². The van der Waals surface area contributed by atoms with Gasteiger partial charge in [0.1, 0.15) is 0 Å². The van der Waals surface area contributed by atoms with Crippen molar-refractivity contribution in [3.8, 4) is 5.69 Å². The number of aromatic amines is 1. The first kappa shape index (κ1) is 17.4. The molecular formula is C21H14ClN5O2. The van der Waals surface area contributed by atoms with E-state index in [2.05, 4.69) is 15.2 Å². The van der Waals surface area contributed by atoms with E-state index in [0.717, 1.165) is 0 Å². The normalized spacial score (nSPS) is 12.3. The number of fused-ring (bicyclic) bond motifs is 2. The molecule has 142 valence electrons. The number of para-hydroxylation sites is 1. The van der Waals surface area contributed by atoms with Crippen LogP contribution in [-0.4, -0.2) is 24.4 Å². The van der Waals surface area contributed by atoms with Gasteiger partial charge in [-0.05, 0) is 43.3 Å². The summed E-state index contributed by atoms with van der Waals surface area (Å²) in [4.78, 5) is 30.2. The van der Waals surface area contributed by atoms with E-state index in [1.807, 2.05) is 13.0 Å². The number of nitrogens with zero attached hydrogens (tertiary/aromatic N) is 4. The molecule has 0 aliphatic heterocycles. The molecule has 0 spiro atoms. The SMILES string of the molecule is Cc1[nH]n(-c2cccc(Cl)c2)c(=O)c1/C=c1\cnn2c(=O)c3ccccc3nc12. The van der Waals surface area contributed by atoms with Crippen LogP contribution in [0, 0.1) is 6.92 Å². The monoisotopic (exact) mass is 403 g/mol. The van der Waals surface area contributed by atoms with E-state index in [4.69, 9.17) is 11.6 Å². The second kappa shape index (κ2) is 6.42. The number of nitrogens with one attached hydrogen (secondary N) is 1. The molecule has 8 heteroatoms. The van der Waals surface area contributed by atoms with Gasteiger partial charge in [0, 0.05) is 15.9 Å². The van der Waals surface area contributed by atoms with Crippen molar-refractivity contribution < 1.29 is 0 Å². The Kier molecular flexibility index (Phi) is 3.85. The van der Waals surface area contributed by atoms with Crippen molar-refractivity contribution >= 4 is 34.2 Å². The number of rotatable bonds is 2. The number of benzene rings is 2. The van der Waals surface area contributed by atoms with Crippen molar-refractivity contribution in [3.05, 3.63) is 96.9 Å². The largest absolute Gasteiger partial charge is 0.295 e. The van der Waals surface area contributed by atoms with Gasteiger partial charge in [0.2, 0.25) is 0 Å². The van der Waals surface area contributed by atoms with Gasteiger partial charge in [0.05, 0.1) is 28.4 Å². The smallest absolute Gasteiger partial charge is 0.282 e. The minimum absolute atomic E-state index is 0.229. The van der Waals surface area contributed by atoms with Gasteiger partial charge in [-0.2, -0.15) is 9.61 Å². The second-order valence-corrected chi connectivity index (χ2v) is 7.12. The third-order valence-electron chi connectivity index (χ3n) is 4.81. The molecule has 0 atom stereocenters. The van der Waals surface area contributed by atoms with E-state index in [1.54, 1.807) is 48.5 Å². The van der Waals surface area contributed by atoms with Crippen molar-refractivity contribution in [2.75, 3.05) is 0 Å². The molecule has 2 aromatic carbocycles. The topological polar surface area (TPSA) is 85.0 Å². The fraction of sp³-hybridized carbons (Fsp3) is 0.0476. The van der Waals surface area contributed by atoms with Crippen LogP contribution >= 0.6 is 11.6 Å². The summed E-state index contributed by atoms with van der Waals surface area (Å²) in [6.07, 6.45) is 3.23. The molecule has 3 aromatic heterocycles. The molecule has 5 aromatic rings. The predicted molar refractivity (Wildman–Crippen MR) is 112 cm³/mol. The number of H-pyrrole nitrogens is 1. The Morgan fingerprint density at radius 3 is 2.72 bits per heavy atom. The van der Waals surface area contributed by atoms with E-state index < -0.39 is 0 Å². The maximum atomic E-state index is 13.0. The number of aryl methyl sites for hydroxylation is 1. The Morgan fingerprint density at radius 2 is 1.90 bits per heavy atom. The van der Waals surface area contributed by atoms with Crippen LogP contribution in [0.2, 0.25) is 5.02 Å². The molecule has 0 unspecified atom stereocenters. The van der Waals surface area contributed by atoms with Crippen molar-refractivity contribution in [2.45, 2.75) is 6.92 Å². The van der Waals surface area contributed by atoms with Gasteiger partial charge in [-0.15, -0.1) is 0 Å². The summed E-state index contributed by atoms with van der Waals surface area (Å²) in [5.41, 5.74) is 2.29. The molecule has 0 aliphatic carbocycles. The first-order valence-electron chi connectivity index (χ1n) is 8.89. The van der Waals surface area contributed by atoms with Crippen molar-refractivity contribution in [1.29, 1.82) is 0 Å².